The van der Waals surface area contributed by atoms with Crippen molar-refractivity contribution in [3.63, 3.8) is 0 Å². The molecule has 1 aromatic carbocycles. The Morgan fingerprint density at radius 3 is 2.83 bits per heavy atom. The summed E-state index contributed by atoms with van der Waals surface area (Å²) in [5, 5.41) is 15.2. The number of amides is 1. The van der Waals surface area contributed by atoms with Gasteiger partial charge in [0.1, 0.15) is 11.9 Å². The number of aliphatic hydroxyl groups is 1. The van der Waals surface area contributed by atoms with Crippen molar-refractivity contribution in [2.45, 2.75) is 25.5 Å². The molecule has 0 bridgehead atoms. The first-order valence-electron chi connectivity index (χ1n) is 7.26. The van der Waals surface area contributed by atoms with Gasteiger partial charge in [-0.25, -0.2) is 4.39 Å². The second kappa shape index (κ2) is 7.12. The molecule has 0 spiro atoms. The predicted molar refractivity (Wildman–Crippen MR) is 86.7 cm³/mol. The molecule has 23 heavy (non-hydrogen) atoms. The highest BCUT2D eigenvalue weighted by Crippen LogP contribution is 2.06. The number of hydrogen-bond donors (Lipinski definition) is 3. The van der Waals surface area contributed by atoms with E-state index < -0.39 is 11.6 Å². The molecule has 1 aromatic rings. The van der Waals surface area contributed by atoms with Gasteiger partial charge in [0.2, 0.25) is 5.91 Å². The summed E-state index contributed by atoms with van der Waals surface area (Å²) >= 11 is 0. The van der Waals surface area contributed by atoms with Gasteiger partial charge in [0.25, 0.3) is 0 Å². The van der Waals surface area contributed by atoms with Crippen molar-refractivity contribution in [2.24, 2.45) is 0 Å². The first-order valence-corrected chi connectivity index (χ1v) is 7.26. The first-order chi connectivity index (χ1) is 10.8. The van der Waals surface area contributed by atoms with E-state index in [0.717, 1.165) is 0 Å². The van der Waals surface area contributed by atoms with E-state index in [1.807, 2.05) is 0 Å². The molecule has 1 aliphatic rings. The Labute approximate surface area is 135 Å². The van der Waals surface area contributed by atoms with E-state index in [1.165, 1.54) is 12.1 Å². The highest BCUT2D eigenvalue weighted by Gasteiger charge is 2.19. The minimum absolute atomic E-state index is 0.174. The third-order valence-corrected chi connectivity index (χ3v) is 3.04. The maximum absolute atomic E-state index is 13.1. The highest BCUT2D eigenvalue weighted by atomic mass is 19.1. The van der Waals surface area contributed by atoms with Gasteiger partial charge in [-0.1, -0.05) is 24.0 Å². The summed E-state index contributed by atoms with van der Waals surface area (Å²) in [4.78, 5) is 11.9. The summed E-state index contributed by atoms with van der Waals surface area (Å²) in [5.41, 5.74) is 0.330. The zero-order valence-corrected chi connectivity index (χ0v) is 13.1. The fourth-order valence-electron chi connectivity index (χ4n) is 1.85. The maximum atomic E-state index is 13.1. The molecular weight excluding hydrogens is 295 g/mol. The summed E-state index contributed by atoms with van der Waals surface area (Å²) in [5.74, 6) is 5.21. The smallest absolute Gasteiger partial charge is 0.246 e. The fourth-order valence-corrected chi connectivity index (χ4v) is 1.85. The number of rotatable bonds is 3. The molecule has 1 aliphatic heterocycles. The molecule has 0 aliphatic carbocycles. The number of allylic oxidation sites excluding steroid dienone is 2. The molecule has 0 fully saturated rings. The van der Waals surface area contributed by atoms with E-state index in [2.05, 4.69) is 22.5 Å². The van der Waals surface area contributed by atoms with Gasteiger partial charge in [0.15, 0.2) is 0 Å². The molecule has 0 aromatic heterocycles. The molecule has 3 N–H and O–H groups in total. The number of carbonyl (C=O) groups excluding carboxylic acids is 1. The summed E-state index contributed by atoms with van der Waals surface area (Å²) in [6, 6.07) is 5.55. The highest BCUT2D eigenvalue weighted by molar-refractivity contribution is 5.84. The molecule has 2 rings (SSSR count). The van der Waals surface area contributed by atoms with Crippen molar-refractivity contribution in [1.82, 2.24) is 10.6 Å². The number of halogens is 1. The van der Waals surface area contributed by atoms with Crippen LogP contribution in [0.2, 0.25) is 0 Å². The van der Waals surface area contributed by atoms with Crippen molar-refractivity contribution >= 4 is 5.91 Å². The van der Waals surface area contributed by atoms with Gasteiger partial charge in [0, 0.05) is 23.9 Å². The molecule has 1 atom stereocenters. The zero-order chi connectivity index (χ0) is 16.9. The third kappa shape index (κ3) is 5.61. The molecule has 1 amide bonds. The molecule has 0 radical (unpaired) electrons. The largest absolute Gasteiger partial charge is 0.389 e. The van der Waals surface area contributed by atoms with E-state index in [1.54, 1.807) is 44.3 Å². The normalized spacial score (nSPS) is 16.7. The number of dihydropyridines is 1. The SMILES string of the molecule is CC(C)(O)CNC(=O)C1C=CC(C#Cc2cccc(F)c2)=CN1. The lowest BCUT2D eigenvalue weighted by atomic mass is 10.1. The zero-order valence-electron chi connectivity index (χ0n) is 13.1. The van der Waals surface area contributed by atoms with Gasteiger partial charge in [-0.05, 0) is 38.1 Å². The standard InChI is InChI=1S/C18H19FN2O2/c1-18(2,23)12-21-17(22)16-9-8-14(11-20-16)7-6-13-4-3-5-15(19)10-13/h3-5,8-11,16,20,23H,12H2,1-2H3,(H,21,22). The minimum atomic E-state index is -0.953. The van der Waals surface area contributed by atoms with Crippen molar-refractivity contribution in [3.8, 4) is 11.8 Å². The molecule has 4 nitrogen and oxygen atoms in total. The number of nitrogens with one attached hydrogen (secondary N) is 2. The number of benzene rings is 1. The Morgan fingerprint density at radius 2 is 2.22 bits per heavy atom. The van der Waals surface area contributed by atoms with Crippen molar-refractivity contribution in [3.05, 3.63) is 59.6 Å². The van der Waals surface area contributed by atoms with Crippen LogP contribution in [0.1, 0.15) is 19.4 Å². The predicted octanol–water partition coefficient (Wildman–Crippen LogP) is 1.48. The Hall–Kier alpha value is -2.58. The Bertz CT molecular complexity index is 706. The van der Waals surface area contributed by atoms with Crippen LogP contribution >= 0.6 is 0 Å². The van der Waals surface area contributed by atoms with Crippen LogP contribution in [0.4, 0.5) is 4.39 Å². The van der Waals surface area contributed by atoms with Crippen LogP contribution in [0.5, 0.6) is 0 Å². The second-order valence-electron chi connectivity index (χ2n) is 5.89. The molecule has 0 saturated carbocycles. The minimum Gasteiger partial charge on any atom is -0.389 e. The van der Waals surface area contributed by atoms with Crippen LogP contribution in [-0.2, 0) is 4.79 Å². The second-order valence-corrected chi connectivity index (χ2v) is 5.89. The molecule has 0 saturated heterocycles. The topological polar surface area (TPSA) is 61.4 Å². The van der Waals surface area contributed by atoms with Gasteiger partial charge in [-0.15, -0.1) is 0 Å². The van der Waals surface area contributed by atoms with Crippen LogP contribution in [0.15, 0.2) is 48.2 Å². The Kier molecular flexibility index (Phi) is 5.20. The molecule has 120 valence electrons. The lowest BCUT2D eigenvalue weighted by Gasteiger charge is -2.21. The van der Waals surface area contributed by atoms with E-state index in [9.17, 15) is 14.3 Å². The quantitative estimate of drug-likeness (QED) is 0.741. The number of hydrogen-bond acceptors (Lipinski definition) is 3. The van der Waals surface area contributed by atoms with Crippen molar-refractivity contribution in [1.29, 1.82) is 0 Å². The van der Waals surface area contributed by atoms with Gasteiger partial charge < -0.3 is 15.7 Å². The third-order valence-electron chi connectivity index (χ3n) is 3.04. The number of carbonyl (C=O) groups is 1. The maximum Gasteiger partial charge on any atom is 0.246 e. The molecule has 5 heteroatoms. The van der Waals surface area contributed by atoms with Gasteiger partial charge in [0.05, 0.1) is 5.60 Å². The van der Waals surface area contributed by atoms with Crippen molar-refractivity contribution in [2.75, 3.05) is 6.54 Å². The van der Waals surface area contributed by atoms with Crippen LogP contribution in [0.3, 0.4) is 0 Å². The van der Waals surface area contributed by atoms with E-state index in [-0.39, 0.29) is 18.3 Å². The first kappa shape index (κ1) is 16.8. The van der Waals surface area contributed by atoms with Crippen LogP contribution in [0, 0.1) is 17.7 Å². The summed E-state index contributed by atoms with van der Waals surface area (Å²) in [6.07, 6.45) is 5.06. The Balaban J connectivity index is 1.92. The average molecular weight is 314 g/mol. The Morgan fingerprint density at radius 1 is 1.43 bits per heavy atom. The van der Waals surface area contributed by atoms with E-state index in [4.69, 9.17) is 0 Å². The van der Waals surface area contributed by atoms with Crippen LogP contribution in [0.25, 0.3) is 0 Å². The summed E-state index contributed by atoms with van der Waals surface area (Å²) in [7, 11) is 0. The van der Waals surface area contributed by atoms with Gasteiger partial charge in [-0.2, -0.15) is 0 Å². The summed E-state index contributed by atoms with van der Waals surface area (Å²) in [6.45, 7) is 3.42. The van der Waals surface area contributed by atoms with E-state index in [0.29, 0.717) is 11.1 Å². The lowest BCUT2D eigenvalue weighted by molar-refractivity contribution is -0.122. The molecule has 1 heterocycles. The lowest BCUT2D eigenvalue weighted by Crippen LogP contribution is -2.46. The average Bonchev–Trinajstić information content (AvgIpc) is 2.50. The van der Waals surface area contributed by atoms with E-state index >= 15 is 0 Å². The molecular formula is C18H19FN2O2. The summed E-state index contributed by atoms with van der Waals surface area (Å²) < 4.78 is 13.1. The van der Waals surface area contributed by atoms with Crippen LogP contribution < -0.4 is 10.6 Å². The van der Waals surface area contributed by atoms with Gasteiger partial charge in [-0.3, -0.25) is 4.79 Å². The van der Waals surface area contributed by atoms with Gasteiger partial charge >= 0.3 is 0 Å². The monoisotopic (exact) mass is 314 g/mol. The van der Waals surface area contributed by atoms with Crippen molar-refractivity contribution < 1.29 is 14.3 Å². The molecule has 1 unspecified atom stereocenters. The fraction of sp³-hybridized carbons (Fsp3) is 0.278. The van der Waals surface area contributed by atoms with Crippen LogP contribution in [-0.4, -0.2) is 29.2 Å².